The number of aryl methyl sites for hydroxylation is 1. The second-order valence-electron chi connectivity index (χ2n) is 6.32. The van der Waals surface area contributed by atoms with Crippen LogP contribution in [-0.2, 0) is 6.42 Å². The Hall–Kier alpha value is -2.68. The van der Waals surface area contributed by atoms with Crippen molar-refractivity contribution in [2.75, 3.05) is 6.54 Å². The Morgan fingerprint density at radius 3 is 2.60 bits per heavy atom. The molecule has 25 heavy (non-hydrogen) atoms. The van der Waals surface area contributed by atoms with Crippen molar-refractivity contribution in [3.05, 3.63) is 78.0 Å². The predicted octanol–water partition coefficient (Wildman–Crippen LogP) is 4.77. The lowest BCUT2D eigenvalue weighted by Gasteiger charge is -2.06. The Morgan fingerprint density at radius 1 is 0.880 bits per heavy atom. The number of pyridine rings is 1. The summed E-state index contributed by atoms with van der Waals surface area (Å²) in [4.78, 5) is 16.5. The summed E-state index contributed by atoms with van der Waals surface area (Å²) in [7, 11) is 0. The molecule has 0 saturated carbocycles. The number of aromatic nitrogens is 1. The Balaban J connectivity index is 1.34. The molecule has 0 radical (unpaired) electrons. The molecule has 0 fully saturated rings. The van der Waals surface area contributed by atoms with E-state index in [1.54, 1.807) is 6.20 Å². The fraction of sp³-hybridized carbons (Fsp3) is 0.273. The molecule has 1 heterocycles. The number of carbonyl (C=O) groups excluding carboxylic acids is 1. The highest BCUT2D eigenvalue weighted by Gasteiger charge is 2.05. The van der Waals surface area contributed by atoms with Crippen LogP contribution in [-0.4, -0.2) is 17.4 Å². The van der Waals surface area contributed by atoms with Crippen molar-refractivity contribution in [3.8, 4) is 0 Å². The summed E-state index contributed by atoms with van der Waals surface area (Å²) in [6, 6.07) is 20.1. The summed E-state index contributed by atoms with van der Waals surface area (Å²) in [5, 5.41) is 4.01. The largest absolute Gasteiger partial charge is 0.352 e. The lowest BCUT2D eigenvalue weighted by Crippen LogP contribution is -2.24. The molecule has 128 valence electrons. The number of amides is 1. The third kappa shape index (κ3) is 5.15. The maximum atomic E-state index is 12.2. The zero-order chi connectivity index (χ0) is 17.3. The minimum absolute atomic E-state index is 0.00459. The molecule has 0 bridgehead atoms. The van der Waals surface area contributed by atoms with Gasteiger partial charge >= 0.3 is 0 Å². The molecule has 1 amide bonds. The van der Waals surface area contributed by atoms with Crippen molar-refractivity contribution in [2.24, 2.45) is 0 Å². The van der Waals surface area contributed by atoms with Gasteiger partial charge in [-0.1, -0.05) is 49.2 Å². The summed E-state index contributed by atoms with van der Waals surface area (Å²) in [5.74, 6) is -0.00459. The van der Waals surface area contributed by atoms with Gasteiger partial charge in [-0.2, -0.15) is 0 Å². The van der Waals surface area contributed by atoms with Crippen LogP contribution >= 0.6 is 0 Å². The second-order valence-corrected chi connectivity index (χ2v) is 6.32. The van der Waals surface area contributed by atoms with E-state index < -0.39 is 0 Å². The van der Waals surface area contributed by atoms with Gasteiger partial charge in [-0.3, -0.25) is 9.78 Å². The van der Waals surface area contributed by atoms with Gasteiger partial charge in [-0.25, -0.2) is 0 Å². The molecule has 3 nitrogen and oxygen atoms in total. The average molecular weight is 332 g/mol. The topological polar surface area (TPSA) is 42.0 Å². The van der Waals surface area contributed by atoms with E-state index in [1.807, 2.05) is 30.3 Å². The minimum Gasteiger partial charge on any atom is -0.352 e. The fourth-order valence-electron chi connectivity index (χ4n) is 2.97. The van der Waals surface area contributed by atoms with Gasteiger partial charge in [0.25, 0.3) is 5.91 Å². The summed E-state index contributed by atoms with van der Waals surface area (Å²) >= 11 is 0. The van der Waals surface area contributed by atoms with Crippen LogP contribution in [0.5, 0.6) is 0 Å². The Morgan fingerprint density at radius 2 is 1.72 bits per heavy atom. The van der Waals surface area contributed by atoms with E-state index in [0.717, 1.165) is 36.7 Å². The van der Waals surface area contributed by atoms with Crippen LogP contribution in [0.25, 0.3) is 10.9 Å². The van der Waals surface area contributed by atoms with Gasteiger partial charge in [0.2, 0.25) is 0 Å². The van der Waals surface area contributed by atoms with E-state index in [1.165, 1.54) is 18.4 Å². The fourth-order valence-corrected chi connectivity index (χ4v) is 2.97. The standard InChI is InChI=1S/C22H24N2O/c25-22(20-13-14-21-19(17-20)12-8-16-23-21)24-15-7-2-1-4-9-18-10-5-3-6-11-18/h3,5-6,8,10-14,16-17H,1-2,4,7,9,15H2,(H,24,25). The molecule has 0 atom stereocenters. The predicted molar refractivity (Wildman–Crippen MR) is 103 cm³/mol. The van der Waals surface area contributed by atoms with E-state index in [4.69, 9.17) is 0 Å². The van der Waals surface area contributed by atoms with Crippen molar-refractivity contribution in [3.63, 3.8) is 0 Å². The third-order valence-electron chi connectivity index (χ3n) is 4.39. The first-order valence-corrected chi connectivity index (χ1v) is 9.00. The molecule has 1 N–H and O–H groups in total. The van der Waals surface area contributed by atoms with Crippen molar-refractivity contribution in [1.29, 1.82) is 0 Å². The van der Waals surface area contributed by atoms with Gasteiger partial charge in [-0.05, 0) is 49.1 Å². The van der Waals surface area contributed by atoms with Gasteiger partial charge in [0, 0.05) is 23.7 Å². The lowest BCUT2D eigenvalue weighted by atomic mass is 10.1. The first kappa shape index (κ1) is 17.2. The zero-order valence-electron chi connectivity index (χ0n) is 14.4. The summed E-state index contributed by atoms with van der Waals surface area (Å²) in [6.45, 7) is 0.731. The van der Waals surface area contributed by atoms with Gasteiger partial charge in [-0.15, -0.1) is 0 Å². The molecule has 0 aliphatic heterocycles. The van der Waals surface area contributed by atoms with E-state index in [2.05, 4.69) is 40.6 Å². The smallest absolute Gasteiger partial charge is 0.251 e. The monoisotopic (exact) mass is 332 g/mol. The molecule has 3 rings (SSSR count). The number of rotatable bonds is 8. The van der Waals surface area contributed by atoms with Crippen molar-refractivity contribution >= 4 is 16.8 Å². The lowest BCUT2D eigenvalue weighted by molar-refractivity contribution is 0.0953. The third-order valence-corrected chi connectivity index (χ3v) is 4.39. The van der Waals surface area contributed by atoms with E-state index in [-0.39, 0.29) is 5.91 Å². The molecule has 3 heteroatoms. The molecule has 0 unspecified atom stereocenters. The number of benzene rings is 2. The Kier molecular flexibility index (Phi) is 6.16. The van der Waals surface area contributed by atoms with Gasteiger partial charge < -0.3 is 5.32 Å². The zero-order valence-corrected chi connectivity index (χ0v) is 14.4. The molecule has 3 aromatic rings. The Bertz CT molecular complexity index is 814. The first-order chi connectivity index (χ1) is 12.3. The van der Waals surface area contributed by atoms with Crippen LogP contribution in [0.15, 0.2) is 66.9 Å². The number of nitrogens with zero attached hydrogens (tertiary/aromatic N) is 1. The van der Waals surface area contributed by atoms with Crippen LogP contribution in [0.1, 0.15) is 41.6 Å². The number of fused-ring (bicyclic) bond motifs is 1. The number of nitrogens with one attached hydrogen (secondary N) is 1. The van der Waals surface area contributed by atoms with Crippen LogP contribution in [0.3, 0.4) is 0 Å². The molecule has 1 aromatic heterocycles. The maximum Gasteiger partial charge on any atom is 0.251 e. The molecule has 0 spiro atoms. The maximum absolute atomic E-state index is 12.2. The van der Waals surface area contributed by atoms with Gasteiger partial charge in [0.15, 0.2) is 0 Å². The second kappa shape index (κ2) is 8.97. The highest BCUT2D eigenvalue weighted by atomic mass is 16.1. The number of carbonyl (C=O) groups is 1. The van der Waals surface area contributed by atoms with Gasteiger partial charge in [0.05, 0.1) is 5.52 Å². The molecule has 2 aromatic carbocycles. The minimum atomic E-state index is -0.00459. The summed E-state index contributed by atoms with van der Waals surface area (Å²) in [5.41, 5.74) is 3.02. The van der Waals surface area contributed by atoms with Crippen LogP contribution in [0, 0.1) is 0 Å². The normalized spacial score (nSPS) is 10.7. The SMILES string of the molecule is O=C(NCCCCCCc1ccccc1)c1ccc2ncccc2c1. The number of hydrogen-bond acceptors (Lipinski definition) is 2. The van der Waals surface area contributed by atoms with Crippen molar-refractivity contribution in [1.82, 2.24) is 10.3 Å². The summed E-state index contributed by atoms with van der Waals surface area (Å²) < 4.78 is 0. The van der Waals surface area contributed by atoms with E-state index in [9.17, 15) is 4.79 Å². The number of unbranched alkanes of at least 4 members (excludes halogenated alkanes) is 3. The highest BCUT2D eigenvalue weighted by molar-refractivity contribution is 5.97. The van der Waals surface area contributed by atoms with Crippen LogP contribution in [0.4, 0.5) is 0 Å². The first-order valence-electron chi connectivity index (χ1n) is 9.00. The van der Waals surface area contributed by atoms with Crippen molar-refractivity contribution in [2.45, 2.75) is 32.1 Å². The molecule has 0 saturated heterocycles. The molecular formula is C22H24N2O. The average Bonchev–Trinajstić information content (AvgIpc) is 2.67. The van der Waals surface area contributed by atoms with Gasteiger partial charge in [0.1, 0.15) is 0 Å². The molecule has 0 aliphatic carbocycles. The number of hydrogen-bond donors (Lipinski definition) is 1. The molecular weight excluding hydrogens is 308 g/mol. The van der Waals surface area contributed by atoms with Crippen LogP contribution < -0.4 is 5.32 Å². The van der Waals surface area contributed by atoms with Crippen LogP contribution in [0.2, 0.25) is 0 Å². The highest BCUT2D eigenvalue weighted by Crippen LogP contribution is 2.13. The Labute approximate surface area is 149 Å². The van der Waals surface area contributed by atoms with E-state index in [0.29, 0.717) is 5.56 Å². The molecule has 0 aliphatic rings. The quantitative estimate of drug-likeness (QED) is 0.604. The van der Waals surface area contributed by atoms with Crippen molar-refractivity contribution < 1.29 is 4.79 Å². The van der Waals surface area contributed by atoms with E-state index >= 15 is 0 Å². The summed E-state index contributed by atoms with van der Waals surface area (Å²) in [6.07, 6.45) is 7.48.